The number of thiophene rings is 1. The van der Waals surface area contributed by atoms with Crippen molar-refractivity contribution in [2.45, 2.75) is 53.0 Å². The van der Waals surface area contributed by atoms with Gasteiger partial charge in [-0.2, -0.15) is 0 Å². The van der Waals surface area contributed by atoms with Gasteiger partial charge in [0, 0.05) is 10.4 Å². The zero-order valence-corrected chi connectivity index (χ0v) is 18.7. The molecule has 160 valence electrons. The van der Waals surface area contributed by atoms with Gasteiger partial charge < -0.3 is 5.32 Å². The van der Waals surface area contributed by atoms with Crippen LogP contribution in [0.25, 0.3) is 0 Å². The van der Waals surface area contributed by atoms with Crippen LogP contribution >= 0.6 is 11.3 Å². The number of rotatable bonds is 5. The highest BCUT2D eigenvalue weighted by Crippen LogP contribution is 2.32. The van der Waals surface area contributed by atoms with Crippen molar-refractivity contribution in [3.05, 3.63) is 56.8 Å². The monoisotopic (exact) mass is 427 g/mol. The van der Waals surface area contributed by atoms with Crippen LogP contribution in [0.3, 0.4) is 0 Å². The number of amides is 3. The summed E-state index contributed by atoms with van der Waals surface area (Å²) in [7, 11) is 0. The maximum atomic E-state index is 12.6. The molecule has 1 heterocycles. The first-order chi connectivity index (χ1) is 14.2. The van der Waals surface area contributed by atoms with Crippen molar-refractivity contribution >= 4 is 29.1 Å². The number of fused-ring (bicyclic) bond motifs is 1. The van der Waals surface area contributed by atoms with Crippen molar-refractivity contribution in [3.8, 4) is 0 Å². The Morgan fingerprint density at radius 3 is 2.43 bits per heavy atom. The van der Waals surface area contributed by atoms with Gasteiger partial charge in [0.25, 0.3) is 17.7 Å². The lowest BCUT2D eigenvalue weighted by Gasteiger charge is -2.21. The highest BCUT2D eigenvalue weighted by Gasteiger charge is 2.26. The third-order valence-electron chi connectivity index (χ3n) is 5.40. The summed E-state index contributed by atoms with van der Waals surface area (Å²) in [5.74, 6) is -0.620. The van der Waals surface area contributed by atoms with Crippen LogP contribution in [0.2, 0.25) is 0 Å². The highest BCUT2D eigenvalue weighted by atomic mass is 32.1. The molecular weight excluding hydrogens is 398 g/mol. The molecule has 0 bridgehead atoms. The molecule has 0 saturated carbocycles. The van der Waals surface area contributed by atoms with Crippen molar-refractivity contribution in [2.75, 3.05) is 0 Å². The minimum Gasteiger partial charge on any atom is -0.340 e. The average molecular weight is 428 g/mol. The van der Waals surface area contributed by atoms with Crippen LogP contribution in [0.4, 0.5) is 0 Å². The minimum atomic E-state index is -0.767. The second-order valence-electron chi connectivity index (χ2n) is 8.41. The van der Waals surface area contributed by atoms with Gasteiger partial charge >= 0.3 is 0 Å². The molecule has 1 aromatic carbocycles. The molecule has 3 amide bonds. The number of benzene rings is 1. The zero-order chi connectivity index (χ0) is 21.8. The van der Waals surface area contributed by atoms with Crippen LogP contribution in [0.1, 0.15) is 63.2 Å². The van der Waals surface area contributed by atoms with Gasteiger partial charge in [-0.15, -0.1) is 11.3 Å². The molecule has 1 aliphatic carbocycles. The zero-order valence-electron chi connectivity index (χ0n) is 17.9. The van der Waals surface area contributed by atoms with Crippen molar-refractivity contribution in [2.24, 2.45) is 11.8 Å². The number of carbonyl (C=O) groups is 3. The van der Waals surface area contributed by atoms with E-state index in [9.17, 15) is 14.4 Å². The van der Waals surface area contributed by atoms with Crippen LogP contribution in [0.15, 0.2) is 30.3 Å². The second-order valence-corrected chi connectivity index (χ2v) is 9.55. The summed E-state index contributed by atoms with van der Waals surface area (Å²) in [6.45, 7) is 7.85. The third kappa shape index (κ3) is 5.27. The molecule has 3 N–H and O–H groups in total. The molecule has 0 radical (unpaired) electrons. The lowest BCUT2D eigenvalue weighted by molar-refractivity contribution is -0.124. The van der Waals surface area contributed by atoms with Crippen LogP contribution < -0.4 is 16.2 Å². The Bertz CT molecular complexity index is 934. The van der Waals surface area contributed by atoms with Crippen LogP contribution in [0.5, 0.6) is 0 Å². The van der Waals surface area contributed by atoms with Gasteiger partial charge in [-0.25, -0.2) is 0 Å². The molecule has 3 rings (SSSR count). The molecule has 7 heteroatoms. The summed E-state index contributed by atoms with van der Waals surface area (Å²) in [4.78, 5) is 39.5. The Morgan fingerprint density at radius 2 is 1.77 bits per heavy atom. The Labute approximate surface area is 181 Å². The summed E-state index contributed by atoms with van der Waals surface area (Å²) >= 11 is 1.49. The third-order valence-corrected chi connectivity index (χ3v) is 6.64. The van der Waals surface area contributed by atoms with E-state index in [1.165, 1.54) is 21.8 Å². The minimum absolute atomic E-state index is 0.146. The maximum Gasteiger partial charge on any atom is 0.279 e. The number of hydrogen-bond donors (Lipinski definition) is 3. The first-order valence-electron chi connectivity index (χ1n) is 10.3. The summed E-state index contributed by atoms with van der Waals surface area (Å²) in [5, 5.41) is 2.76. The molecule has 1 aromatic heterocycles. The molecule has 0 saturated heterocycles. The molecular formula is C23H29N3O3S. The summed E-state index contributed by atoms with van der Waals surface area (Å²) in [6.07, 6.45) is 3.13. The fourth-order valence-corrected chi connectivity index (χ4v) is 4.64. The molecule has 30 heavy (non-hydrogen) atoms. The molecule has 6 nitrogen and oxygen atoms in total. The van der Waals surface area contributed by atoms with E-state index in [-0.39, 0.29) is 17.7 Å². The molecule has 0 aliphatic heterocycles. The van der Waals surface area contributed by atoms with E-state index in [0.29, 0.717) is 16.4 Å². The van der Waals surface area contributed by atoms with E-state index in [1.54, 1.807) is 12.1 Å². The fourth-order valence-electron chi connectivity index (χ4n) is 3.54. The van der Waals surface area contributed by atoms with E-state index in [1.807, 2.05) is 39.0 Å². The smallest absolute Gasteiger partial charge is 0.279 e. The molecule has 0 unspecified atom stereocenters. The number of nitrogens with one attached hydrogen (secondary N) is 3. The summed E-state index contributed by atoms with van der Waals surface area (Å²) in [6, 6.07) is 8.30. The van der Waals surface area contributed by atoms with E-state index in [2.05, 4.69) is 23.1 Å². The molecule has 0 spiro atoms. The first-order valence-corrected chi connectivity index (χ1v) is 11.2. The fraction of sp³-hybridized carbons (Fsp3) is 0.435. The van der Waals surface area contributed by atoms with E-state index < -0.39 is 11.9 Å². The maximum absolute atomic E-state index is 12.6. The van der Waals surface area contributed by atoms with Gasteiger partial charge in [0.05, 0.1) is 4.88 Å². The molecule has 2 atom stereocenters. The van der Waals surface area contributed by atoms with E-state index in [4.69, 9.17) is 0 Å². The Morgan fingerprint density at radius 1 is 1.07 bits per heavy atom. The topological polar surface area (TPSA) is 87.3 Å². The van der Waals surface area contributed by atoms with E-state index in [0.717, 1.165) is 24.8 Å². The number of carbonyl (C=O) groups excluding carboxylic acids is 3. The van der Waals surface area contributed by atoms with Crippen LogP contribution in [-0.2, 0) is 17.6 Å². The first kappa shape index (κ1) is 22.0. The predicted octanol–water partition coefficient (Wildman–Crippen LogP) is 3.40. The predicted molar refractivity (Wildman–Crippen MR) is 118 cm³/mol. The van der Waals surface area contributed by atoms with Crippen LogP contribution in [0, 0.1) is 18.8 Å². The number of hydrazine groups is 1. The highest BCUT2D eigenvalue weighted by molar-refractivity contribution is 7.14. The van der Waals surface area contributed by atoms with Crippen molar-refractivity contribution in [3.63, 3.8) is 0 Å². The molecule has 1 aliphatic rings. The molecule has 2 aromatic rings. The van der Waals surface area contributed by atoms with Gasteiger partial charge in [-0.05, 0) is 61.8 Å². The SMILES string of the molecule is Cc1ccc(C(=O)N[C@H](C(=O)NNC(=O)c2cc3c(s2)CC[C@H](C)C3)C(C)C)cc1. The quantitative estimate of drug-likeness (QED) is 0.639. The van der Waals surface area contributed by atoms with Gasteiger partial charge in [-0.1, -0.05) is 38.5 Å². The van der Waals surface area contributed by atoms with Gasteiger partial charge in [0.2, 0.25) is 0 Å². The number of hydrogen-bond acceptors (Lipinski definition) is 4. The van der Waals surface area contributed by atoms with Gasteiger partial charge in [-0.3, -0.25) is 25.2 Å². The van der Waals surface area contributed by atoms with Crippen LogP contribution in [-0.4, -0.2) is 23.8 Å². The van der Waals surface area contributed by atoms with Gasteiger partial charge in [0.1, 0.15) is 6.04 Å². The standard InChI is InChI=1S/C23H29N3O3S/c1-13(2)20(24-21(27)16-8-5-14(3)6-9-16)23(29)26-25-22(28)19-12-17-11-15(4)7-10-18(17)30-19/h5-6,8-9,12-13,15,20H,7,10-11H2,1-4H3,(H,24,27)(H,25,28)(H,26,29)/t15-,20-/m0/s1. The van der Waals surface area contributed by atoms with Crippen molar-refractivity contribution in [1.82, 2.24) is 16.2 Å². The lowest BCUT2D eigenvalue weighted by Crippen LogP contribution is -2.54. The van der Waals surface area contributed by atoms with Gasteiger partial charge in [0.15, 0.2) is 0 Å². The van der Waals surface area contributed by atoms with E-state index >= 15 is 0 Å². The summed E-state index contributed by atoms with van der Waals surface area (Å²) in [5.41, 5.74) is 7.74. The Kier molecular flexibility index (Phi) is 6.92. The summed E-state index contributed by atoms with van der Waals surface area (Å²) < 4.78 is 0. The normalized spacial score (nSPS) is 16.5. The Balaban J connectivity index is 1.59. The number of aryl methyl sites for hydroxylation is 2. The van der Waals surface area contributed by atoms with Crippen molar-refractivity contribution in [1.29, 1.82) is 0 Å². The average Bonchev–Trinajstić information content (AvgIpc) is 3.13. The largest absolute Gasteiger partial charge is 0.340 e. The molecule has 0 fully saturated rings. The second kappa shape index (κ2) is 9.43. The van der Waals surface area contributed by atoms with Crippen molar-refractivity contribution < 1.29 is 14.4 Å². The Hall–Kier alpha value is -2.67. The lowest BCUT2D eigenvalue weighted by atomic mass is 9.90.